The molecule has 3 heteroatoms. The lowest BCUT2D eigenvalue weighted by atomic mass is 10.0. The van der Waals surface area contributed by atoms with E-state index in [0.29, 0.717) is 6.42 Å². The molecule has 0 spiro atoms. The zero-order valence-corrected chi connectivity index (χ0v) is 12.9. The standard InChI is InChI=1S/C18H23FN2/c1-4-16(20)12-14-11-15(19)8-9-18(14)21(3)17-7-5-6-13(2)10-17/h5-11,16H,4,12,20H2,1-3H3. The molecule has 0 saturated carbocycles. The summed E-state index contributed by atoms with van der Waals surface area (Å²) < 4.78 is 13.6. The SMILES string of the molecule is CCC(N)Cc1cc(F)ccc1N(C)c1cccc(C)c1. The zero-order valence-electron chi connectivity index (χ0n) is 12.9. The highest BCUT2D eigenvalue weighted by atomic mass is 19.1. The fourth-order valence-electron chi connectivity index (χ4n) is 2.45. The molecule has 2 aromatic carbocycles. The van der Waals surface area contributed by atoms with Crippen LogP contribution in [-0.4, -0.2) is 13.1 Å². The summed E-state index contributed by atoms with van der Waals surface area (Å²) in [6.07, 6.45) is 1.56. The number of hydrogen-bond donors (Lipinski definition) is 1. The van der Waals surface area contributed by atoms with Crippen LogP contribution >= 0.6 is 0 Å². The van der Waals surface area contributed by atoms with E-state index in [2.05, 4.69) is 30.0 Å². The molecule has 2 aromatic rings. The number of benzene rings is 2. The number of aryl methyl sites for hydroxylation is 1. The molecule has 0 amide bonds. The van der Waals surface area contributed by atoms with Gasteiger partial charge in [0.05, 0.1) is 0 Å². The summed E-state index contributed by atoms with van der Waals surface area (Å²) in [5.41, 5.74) is 10.3. The van der Waals surface area contributed by atoms with Crippen molar-refractivity contribution in [2.45, 2.75) is 32.7 Å². The van der Waals surface area contributed by atoms with E-state index >= 15 is 0 Å². The summed E-state index contributed by atoms with van der Waals surface area (Å²) in [5, 5.41) is 0. The van der Waals surface area contributed by atoms with E-state index in [9.17, 15) is 4.39 Å². The first-order valence-electron chi connectivity index (χ1n) is 7.35. The van der Waals surface area contributed by atoms with Gasteiger partial charge in [0.2, 0.25) is 0 Å². The van der Waals surface area contributed by atoms with Gasteiger partial charge in [0, 0.05) is 24.5 Å². The van der Waals surface area contributed by atoms with Crippen molar-refractivity contribution in [3.05, 3.63) is 59.4 Å². The van der Waals surface area contributed by atoms with Crippen molar-refractivity contribution >= 4 is 11.4 Å². The summed E-state index contributed by atoms with van der Waals surface area (Å²) in [7, 11) is 2.00. The Hall–Kier alpha value is -1.87. The number of anilines is 2. The second-order valence-electron chi connectivity index (χ2n) is 5.54. The maximum absolute atomic E-state index is 13.6. The Kier molecular flexibility index (Phi) is 4.97. The molecule has 21 heavy (non-hydrogen) atoms. The van der Waals surface area contributed by atoms with Crippen molar-refractivity contribution in [2.24, 2.45) is 5.73 Å². The van der Waals surface area contributed by atoms with Crippen molar-refractivity contribution in [2.75, 3.05) is 11.9 Å². The van der Waals surface area contributed by atoms with Crippen LogP contribution in [0.3, 0.4) is 0 Å². The lowest BCUT2D eigenvalue weighted by Gasteiger charge is -2.24. The van der Waals surface area contributed by atoms with Gasteiger partial charge in [-0.25, -0.2) is 4.39 Å². The van der Waals surface area contributed by atoms with Gasteiger partial charge in [0.1, 0.15) is 5.82 Å². The van der Waals surface area contributed by atoms with Gasteiger partial charge >= 0.3 is 0 Å². The Balaban J connectivity index is 2.38. The monoisotopic (exact) mass is 286 g/mol. The Bertz CT molecular complexity index is 610. The summed E-state index contributed by atoms with van der Waals surface area (Å²) in [6, 6.07) is 13.2. The number of rotatable bonds is 5. The van der Waals surface area contributed by atoms with E-state index < -0.39 is 0 Å². The molecule has 2 rings (SSSR count). The fourth-order valence-corrected chi connectivity index (χ4v) is 2.45. The van der Waals surface area contributed by atoms with Gasteiger partial charge in [-0.1, -0.05) is 19.1 Å². The minimum atomic E-state index is -0.213. The van der Waals surface area contributed by atoms with Gasteiger partial charge < -0.3 is 10.6 Å². The molecule has 0 heterocycles. The smallest absolute Gasteiger partial charge is 0.123 e. The van der Waals surface area contributed by atoms with E-state index in [1.807, 2.05) is 26.1 Å². The van der Waals surface area contributed by atoms with E-state index in [4.69, 9.17) is 5.73 Å². The van der Waals surface area contributed by atoms with Crippen LogP contribution in [0.2, 0.25) is 0 Å². The summed E-state index contributed by atoms with van der Waals surface area (Å²) >= 11 is 0. The molecular weight excluding hydrogens is 263 g/mol. The quantitative estimate of drug-likeness (QED) is 0.893. The number of nitrogens with zero attached hydrogens (tertiary/aromatic N) is 1. The molecule has 0 aromatic heterocycles. The van der Waals surface area contributed by atoms with Crippen LogP contribution in [0.4, 0.5) is 15.8 Å². The first kappa shape index (κ1) is 15.5. The Morgan fingerprint density at radius 2 is 1.95 bits per heavy atom. The molecule has 0 fully saturated rings. The van der Waals surface area contributed by atoms with Crippen LogP contribution in [0.15, 0.2) is 42.5 Å². The Labute approximate surface area is 126 Å². The molecule has 1 atom stereocenters. The third-order valence-corrected chi connectivity index (χ3v) is 3.80. The second kappa shape index (κ2) is 6.72. The third-order valence-electron chi connectivity index (χ3n) is 3.80. The minimum Gasteiger partial charge on any atom is -0.344 e. The highest BCUT2D eigenvalue weighted by Crippen LogP contribution is 2.29. The molecule has 0 radical (unpaired) electrons. The van der Waals surface area contributed by atoms with Crippen LogP contribution in [0.5, 0.6) is 0 Å². The maximum Gasteiger partial charge on any atom is 0.123 e. The van der Waals surface area contributed by atoms with Crippen molar-refractivity contribution in [3.8, 4) is 0 Å². The molecule has 0 aliphatic heterocycles. The van der Waals surface area contributed by atoms with E-state index in [-0.39, 0.29) is 11.9 Å². The zero-order chi connectivity index (χ0) is 15.4. The van der Waals surface area contributed by atoms with E-state index in [1.165, 1.54) is 11.6 Å². The fraction of sp³-hybridized carbons (Fsp3) is 0.333. The molecule has 0 bridgehead atoms. The predicted molar refractivity (Wildman–Crippen MR) is 87.6 cm³/mol. The molecule has 0 saturated heterocycles. The average Bonchev–Trinajstić information content (AvgIpc) is 2.46. The largest absolute Gasteiger partial charge is 0.344 e. The average molecular weight is 286 g/mol. The normalized spacial score (nSPS) is 12.2. The van der Waals surface area contributed by atoms with Gasteiger partial charge in [-0.3, -0.25) is 0 Å². The lowest BCUT2D eigenvalue weighted by Crippen LogP contribution is -2.23. The van der Waals surface area contributed by atoms with Crippen LogP contribution < -0.4 is 10.6 Å². The summed E-state index contributed by atoms with van der Waals surface area (Å²) in [5.74, 6) is -0.213. The minimum absolute atomic E-state index is 0.0523. The number of hydrogen-bond acceptors (Lipinski definition) is 2. The Morgan fingerprint density at radius 1 is 1.19 bits per heavy atom. The van der Waals surface area contributed by atoms with E-state index in [0.717, 1.165) is 23.4 Å². The summed E-state index contributed by atoms with van der Waals surface area (Å²) in [4.78, 5) is 2.09. The highest BCUT2D eigenvalue weighted by molar-refractivity contribution is 5.66. The van der Waals surface area contributed by atoms with Crippen molar-refractivity contribution in [1.29, 1.82) is 0 Å². The van der Waals surface area contributed by atoms with E-state index in [1.54, 1.807) is 6.07 Å². The van der Waals surface area contributed by atoms with Crippen LogP contribution in [-0.2, 0) is 6.42 Å². The van der Waals surface area contributed by atoms with Gasteiger partial charge in [-0.2, -0.15) is 0 Å². The van der Waals surface area contributed by atoms with Crippen molar-refractivity contribution < 1.29 is 4.39 Å². The van der Waals surface area contributed by atoms with Crippen LogP contribution in [0.25, 0.3) is 0 Å². The summed E-state index contributed by atoms with van der Waals surface area (Å²) in [6.45, 7) is 4.11. The molecule has 0 aliphatic rings. The van der Waals surface area contributed by atoms with Crippen molar-refractivity contribution in [3.63, 3.8) is 0 Å². The van der Waals surface area contributed by atoms with Crippen LogP contribution in [0, 0.1) is 12.7 Å². The second-order valence-corrected chi connectivity index (χ2v) is 5.54. The topological polar surface area (TPSA) is 29.3 Å². The molecule has 1 unspecified atom stereocenters. The molecule has 112 valence electrons. The Morgan fingerprint density at radius 3 is 2.62 bits per heavy atom. The first-order chi connectivity index (χ1) is 10.0. The van der Waals surface area contributed by atoms with Crippen LogP contribution in [0.1, 0.15) is 24.5 Å². The lowest BCUT2D eigenvalue weighted by molar-refractivity contribution is 0.614. The number of halogens is 1. The van der Waals surface area contributed by atoms with Gasteiger partial charge in [-0.15, -0.1) is 0 Å². The van der Waals surface area contributed by atoms with Gasteiger partial charge in [-0.05, 0) is 61.2 Å². The third kappa shape index (κ3) is 3.82. The van der Waals surface area contributed by atoms with Gasteiger partial charge in [0.25, 0.3) is 0 Å². The molecule has 0 aliphatic carbocycles. The highest BCUT2D eigenvalue weighted by Gasteiger charge is 2.13. The molecule has 2 nitrogen and oxygen atoms in total. The molecular formula is C18H23FN2. The maximum atomic E-state index is 13.6. The molecule has 2 N–H and O–H groups in total. The van der Waals surface area contributed by atoms with Crippen molar-refractivity contribution in [1.82, 2.24) is 0 Å². The predicted octanol–water partition coefficient (Wildman–Crippen LogP) is 4.18. The van der Waals surface area contributed by atoms with Gasteiger partial charge in [0.15, 0.2) is 0 Å². The first-order valence-corrected chi connectivity index (χ1v) is 7.35. The number of nitrogens with two attached hydrogens (primary N) is 1.